The lowest BCUT2D eigenvalue weighted by atomic mass is 10.0. The minimum atomic E-state index is -0.880. The number of methoxy groups -OCH3 is 1. The van der Waals surface area contributed by atoms with Crippen LogP contribution in [-0.2, 0) is 4.79 Å². The smallest absolute Gasteiger partial charge is 0.325 e. The van der Waals surface area contributed by atoms with Gasteiger partial charge in [0.25, 0.3) is 0 Å². The highest BCUT2D eigenvalue weighted by atomic mass is 16.5. The number of ether oxygens (including phenoxy) is 1. The molecule has 0 spiro atoms. The summed E-state index contributed by atoms with van der Waals surface area (Å²) in [5, 5.41) is 13.4. The molecule has 1 unspecified atom stereocenters. The Hall–Kier alpha value is -2.01. The highest BCUT2D eigenvalue weighted by molar-refractivity contribution is 5.90. The summed E-state index contributed by atoms with van der Waals surface area (Å²) in [6.45, 7) is 4.74. The number of aliphatic carboxylic acids is 1. The molecular formula is C15H20N2O3. The molecule has 0 aliphatic rings. The van der Waals surface area contributed by atoms with E-state index in [9.17, 15) is 9.90 Å². The summed E-state index contributed by atoms with van der Waals surface area (Å²) in [5.74, 6) is 0.220. The molecular weight excluding hydrogens is 256 g/mol. The summed E-state index contributed by atoms with van der Waals surface area (Å²) < 4.78 is 5.20. The molecule has 108 valence electrons. The molecule has 0 saturated carbocycles. The van der Waals surface area contributed by atoms with Crippen LogP contribution in [0, 0.1) is 5.92 Å². The molecule has 0 fully saturated rings. The van der Waals surface area contributed by atoms with Gasteiger partial charge in [0.15, 0.2) is 0 Å². The topological polar surface area (TPSA) is 74.3 Å². The molecule has 3 N–H and O–H groups in total. The van der Waals surface area contributed by atoms with Gasteiger partial charge >= 0.3 is 5.97 Å². The van der Waals surface area contributed by atoms with Gasteiger partial charge in [0, 0.05) is 22.7 Å². The van der Waals surface area contributed by atoms with E-state index in [0.29, 0.717) is 18.2 Å². The van der Waals surface area contributed by atoms with Gasteiger partial charge in [-0.1, -0.05) is 13.8 Å². The van der Waals surface area contributed by atoms with Crippen LogP contribution in [0.1, 0.15) is 25.5 Å². The van der Waals surface area contributed by atoms with E-state index in [1.54, 1.807) is 13.3 Å². The fraction of sp³-hybridized carbons (Fsp3) is 0.400. The molecule has 2 rings (SSSR count). The first kappa shape index (κ1) is 14.4. The zero-order valence-corrected chi connectivity index (χ0v) is 11.9. The molecule has 0 radical (unpaired) electrons. The maximum absolute atomic E-state index is 11.5. The van der Waals surface area contributed by atoms with Gasteiger partial charge in [0.2, 0.25) is 0 Å². The quantitative estimate of drug-likeness (QED) is 0.758. The van der Waals surface area contributed by atoms with Crippen LogP contribution in [0.3, 0.4) is 0 Å². The van der Waals surface area contributed by atoms with Crippen molar-refractivity contribution in [1.29, 1.82) is 0 Å². The van der Waals surface area contributed by atoms with Gasteiger partial charge in [-0.15, -0.1) is 0 Å². The third-order valence-electron chi connectivity index (χ3n) is 3.21. The average molecular weight is 276 g/mol. The van der Waals surface area contributed by atoms with Crippen LogP contribution in [0.5, 0.6) is 5.75 Å². The Morgan fingerprint density at radius 2 is 2.20 bits per heavy atom. The number of aromatic nitrogens is 1. The van der Waals surface area contributed by atoms with E-state index in [-0.39, 0.29) is 0 Å². The van der Waals surface area contributed by atoms with E-state index in [2.05, 4.69) is 10.3 Å². The van der Waals surface area contributed by atoms with E-state index in [1.165, 1.54) is 0 Å². The van der Waals surface area contributed by atoms with Crippen molar-refractivity contribution in [2.24, 2.45) is 5.92 Å². The van der Waals surface area contributed by atoms with Crippen LogP contribution in [-0.4, -0.2) is 29.7 Å². The third-order valence-corrected chi connectivity index (χ3v) is 3.21. The molecule has 2 aromatic rings. The van der Waals surface area contributed by atoms with Crippen molar-refractivity contribution in [3.8, 4) is 5.75 Å². The van der Waals surface area contributed by atoms with E-state index in [0.717, 1.165) is 16.5 Å². The number of rotatable bonds is 6. The van der Waals surface area contributed by atoms with Gasteiger partial charge in [-0.25, -0.2) is 0 Å². The van der Waals surface area contributed by atoms with Crippen LogP contribution in [0.2, 0.25) is 0 Å². The van der Waals surface area contributed by atoms with E-state index < -0.39 is 12.0 Å². The van der Waals surface area contributed by atoms with Crippen LogP contribution in [0.25, 0.3) is 10.9 Å². The molecule has 20 heavy (non-hydrogen) atoms. The summed E-state index contributed by atoms with van der Waals surface area (Å²) in [7, 11) is 1.60. The lowest BCUT2D eigenvalue weighted by molar-refractivity contribution is -0.139. The van der Waals surface area contributed by atoms with Crippen molar-refractivity contribution in [1.82, 2.24) is 10.3 Å². The summed E-state index contributed by atoms with van der Waals surface area (Å²) in [5.41, 5.74) is 1.63. The molecule has 0 aliphatic carbocycles. The van der Waals surface area contributed by atoms with Crippen molar-refractivity contribution < 1.29 is 14.6 Å². The maximum atomic E-state index is 11.5. The average Bonchev–Trinajstić information content (AvgIpc) is 2.81. The Bertz CT molecular complexity index is 604. The van der Waals surface area contributed by atoms with Crippen LogP contribution in [0.15, 0.2) is 24.4 Å². The van der Waals surface area contributed by atoms with Gasteiger partial charge < -0.3 is 20.1 Å². The predicted octanol–water partition coefficient (Wildman–Crippen LogP) is 2.55. The van der Waals surface area contributed by atoms with Crippen LogP contribution < -0.4 is 10.1 Å². The van der Waals surface area contributed by atoms with Crippen molar-refractivity contribution in [3.63, 3.8) is 0 Å². The number of aromatic amines is 1. The van der Waals surface area contributed by atoms with Crippen molar-refractivity contribution >= 4 is 16.9 Å². The SMILES string of the molecule is COc1ccc2[nH]cc(C(NCC(C)C)C(=O)O)c2c1. The first-order valence-corrected chi connectivity index (χ1v) is 6.64. The minimum absolute atomic E-state index is 0.386. The zero-order chi connectivity index (χ0) is 14.7. The molecule has 0 amide bonds. The Morgan fingerprint density at radius 1 is 1.45 bits per heavy atom. The molecule has 0 saturated heterocycles. The van der Waals surface area contributed by atoms with Crippen molar-refractivity contribution in [3.05, 3.63) is 30.0 Å². The Kier molecular flexibility index (Phi) is 4.29. The van der Waals surface area contributed by atoms with E-state index in [4.69, 9.17) is 4.74 Å². The molecule has 1 atom stereocenters. The Balaban J connectivity index is 2.39. The summed E-state index contributed by atoms with van der Waals surface area (Å²) in [6.07, 6.45) is 1.75. The third kappa shape index (κ3) is 2.93. The largest absolute Gasteiger partial charge is 0.497 e. The summed E-state index contributed by atoms with van der Waals surface area (Å²) in [6, 6.07) is 4.87. The second-order valence-corrected chi connectivity index (χ2v) is 5.23. The molecule has 1 heterocycles. The molecule has 1 aromatic heterocycles. The lowest BCUT2D eigenvalue weighted by Gasteiger charge is -2.15. The standard InChI is InChI=1S/C15H20N2O3/c1-9(2)7-17-14(15(18)19)12-8-16-13-5-4-10(20-3)6-11(12)13/h4-6,8-9,14,16-17H,7H2,1-3H3,(H,18,19). The van der Waals surface area contributed by atoms with E-state index in [1.807, 2.05) is 32.0 Å². The number of hydrogen-bond donors (Lipinski definition) is 3. The molecule has 0 bridgehead atoms. The molecule has 1 aromatic carbocycles. The molecule has 5 heteroatoms. The number of carboxylic acids is 1. The van der Waals surface area contributed by atoms with Gasteiger partial charge in [-0.3, -0.25) is 4.79 Å². The second-order valence-electron chi connectivity index (χ2n) is 5.23. The number of carboxylic acid groups (broad SMARTS) is 1. The van der Waals surface area contributed by atoms with Gasteiger partial charge in [0.05, 0.1) is 7.11 Å². The number of H-pyrrole nitrogens is 1. The Labute approximate surface area is 117 Å². The zero-order valence-electron chi connectivity index (χ0n) is 11.9. The van der Waals surface area contributed by atoms with Gasteiger partial charge in [0.1, 0.15) is 11.8 Å². The fourth-order valence-corrected chi connectivity index (χ4v) is 2.17. The number of carbonyl (C=O) groups is 1. The molecule has 0 aliphatic heterocycles. The lowest BCUT2D eigenvalue weighted by Crippen LogP contribution is -2.31. The molecule has 5 nitrogen and oxygen atoms in total. The number of nitrogens with one attached hydrogen (secondary N) is 2. The van der Waals surface area contributed by atoms with Crippen molar-refractivity contribution in [2.45, 2.75) is 19.9 Å². The number of fused-ring (bicyclic) bond motifs is 1. The first-order valence-electron chi connectivity index (χ1n) is 6.64. The highest BCUT2D eigenvalue weighted by Crippen LogP contribution is 2.28. The Morgan fingerprint density at radius 3 is 2.80 bits per heavy atom. The maximum Gasteiger partial charge on any atom is 0.325 e. The first-order chi connectivity index (χ1) is 9.52. The monoisotopic (exact) mass is 276 g/mol. The fourth-order valence-electron chi connectivity index (χ4n) is 2.17. The number of hydrogen-bond acceptors (Lipinski definition) is 3. The highest BCUT2D eigenvalue weighted by Gasteiger charge is 2.22. The van der Waals surface area contributed by atoms with Gasteiger partial charge in [-0.2, -0.15) is 0 Å². The van der Waals surface area contributed by atoms with E-state index >= 15 is 0 Å². The normalized spacial score (nSPS) is 12.8. The van der Waals surface area contributed by atoms with Crippen LogP contribution in [0.4, 0.5) is 0 Å². The summed E-state index contributed by atoms with van der Waals surface area (Å²) in [4.78, 5) is 14.6. The van der Waals surface area contributed by atoms with Crippen LogP contribution >= 0.6 is 0 Å². The van der Waals surface area contributed by atoms with Crippen molar-refractivity contribution in [2.75, 3.05) is 13.7 Å². The minimum Gasteiger partial charge on any atom is -0.497 e. The number of benzene rings is 1. The summed E-state index contributed by atoms with van der Waals surface area (Å²) >= 11 is 0. The van der Waals surface area contributed by atoms with Gasteiger partial charge in [-0.05, 0) is 30.7 Å². The predicted molar refractivity (Wildman–Crippen MR) is 78.1 cm³/mol. The second kappa shape index (κ2) is 5.96.